The zero-order chi connectivity index (χ0) is 24.6. The van der Waals surface area contributed by atoms with Gasteiger partial charge in [-0.25, -0.2) is 0 Å². The summed E-state index contributed by atoms with van der Waals surface area (Å²) >= 11 is 0. The summed E-state index contributed by atoms with van der Waals surface area (Å²) in [5.74, 6) is 1.99. The summed E-state index contributed by atoms with van der Waals surface area (Å²) in [7, 11) is 3.36. The van der Waals surface area contributed by atoms with E-state index in [1.807, 2.05) is 46.2 Å². The molecule has 0 radical (unpaired) electrons. The van der Waals surface area contributed by atoms with E-state index in [0.717, 1.165) is 49.1 Å². The van der Waals surface area contributed by atoms with E-state index < -0.39 is 0 Å². The maximum atomic E-state index is 12.7. The van der Waals surface area contributed by atoms with Gasteiger partial charge in [0.25, 0.3) is 0 Å². The summed E-state index contributed by atoms with van der Waals surface area (Å²) in [5.41, 5.74) is 2.14. The number of rotatable bonds is 8. The molecular formula is C27H36N4O4. The first kappa shape index (κ1) is 24.7. The van der Waals surface area contributed by atoms with Crippen LogP contribution in [0.25, 0.3) is 0 Å². The van der Waals surface area contributed by atoms with Gasteiger partial charge in [0.1, 0.15) is 11.5 Å². The number of amides is 2. The van der Waals surface area contributed by atoms with Gasteiger partial charge in [0.05, 0.1) is 25.6 Å². The lowest BCUT2D eigenvalue weighted by Crippen LogP contribution is -2.49. The number of hydrogen-bond donors (Lipinski definition) is 0. The molecule has 2 aromatic rings. The molecule has 2 saturated heterocycles. The minimum absolute atomic E-state index is 0.137. The molecule has 0 N–H and O–H groups in total. The maximum Gasteiger partial charge on any atom is 0.222 e. The molecule has 35 heavy (non-hydrogen) atoms. The Balaban J connectivity index is 1.17. The largest absolute Gasteiger partial charge is 0.495 e. The molecule has 2 heterocycles. The molecule has 2 fully saturated rings. The highest BCUT2D eigenvalue weighted by Gasteiger charge is 2.25. The number of anilines is 2. The standard InChI is InChI=1S/C27H36N4O4/c1-34-24-10-5-3-8-22(24)28-14-18-30(19-15-28)26(32)12-7-13-27(33)31-20-16-29(17-21-31)23-9-4-6-11-25(23)35-2/h3-6,8-11H,7,12-21H2,1-2H3. The van der Waals surface area contributed by atoms with E-state index in [1.54, 1.807) is 14.2 Å². The van der Waals surface area contributed by atoms with E-state index in [-0.39, 0.29) is 11.8 Å². The number of methoxy groups -OCH3 is 2. The highest BCUT2D eigenvalue weighted by molar-refractivity contribution is 5.79. The van der Waals surface area contributed by atoms with Crippen LogP contribution in [-0.4, -0.2) is 88.2 Å². The van der Waals surface area contributed by atoms with Gasteiger partial charge in [-0.1, -0.05) is 24.3 Å². The number of carbonyl (C=O) groups excluding carboxylic acids is 2. The first-order valence-electron chi connectivity index (χ1n) is 12.4. The number of benzene rings is 2. The highest BCUT2D eigenvalue weighted by Crippen LogP contribution is 2.29. The third-order valence-corrected chi connectivity index (χ3v) is 6.90. The molecule has 0 aromatic heterocycles. The Morgan fingerprint density at radius 1 is 0.629 bits per heavy atom. The molecule has 0 aliphatic carbocycles. The Bertz CT molecular complexity index is 919. The quantitative estimate of drug-likeness (QED) is 0.579. The molecule has 8 heteroatoms. The van der Waals surface area contributed by atoms with Crippen molar-refractivity contribution in [1.29, 1.82) is 0 Å². The number of para-hydroxylation sites is 4. The van der Waals surface area contributed by atoms with Crippen LogP contribution in [0.2, 0.25) is 0 Å². The van der Waals surface area contributed by atoms with Crippen molar-refractivity contribution in [3.63, 3.8) is 0 Å². The van der Waals surface area contributed by atoms with Gasteiger partial charge in [0, 0.05) is 65.2 Å². The molecule has 2 aliphatic rings. The second-order valence-electron chi connectivity index (χ2n) is 8.93. The molecule has 4 rings (SSSR count). The minimum atomic E-state index is 0.137. The molecule has 0 unspecified atom stereocenters. The van der Waals surface area contributed by atoms with Gasteiger partial charge in [-0.3, -0.25) is 9.59 Å². The fourth-order valence-corrected chi connectivity index (χ4v) is 4.88. The van der Waals surface area contributed by atoms with Crippen LogP contribution < -0.4 is 19.3 Å². The predicted molar refractivity (Wildman–Crippen MR) is 137 cm³/mol. The molecule has 2 aliphatic heterocycles. The topological polar surface area (TPSA) is 65.6 Å². The van der Waals surface area contributed by atoms with Crippen LogP contribution in [0, 0.1) is 0 Å². The van der Waals surface area contributed by atoms with Gasteiger partial charge in [0.2, 0.25) is 11.8 Å². The summed E-state index contributed by atoms with van der Waals surface area (Å²) in [6.07, 6.45) is 1.43. The Morgan fingerprint density at radius 2 is 1.00 bits per heavy atom. The fraction of sp³-hybridized carbons (Fsp3) is 0.481. The zero-order valence-corrected chi connectivity index (χ0v) is 20.8. The van der Waals surface area contributed by atoms with Crippen LogP contribution in [0.3, 0.4) is 0 Å². The fourth-order valence-electron chi connectivity index (χ4n) is 4.88. The van der Waals surface area contributed by atoms with Crippen molar-refractivity contribution in [2.24, 2.45) is 0 Å². The molecule has 0 atom stereocenters. The van der Waals surface area contributed by atoms with E-state index in [9.17, 15) is 9.59 Å². The van der Waals surface area contributed by atoms with Crippen molar-refractivity contribution in [3.8, 4) is 11.5 Å². The summed E-state index contributed by atoms with van der Waals surface area (Å²) < 4.78 is 10.9. The molecule has 2 aromatic carbocycles. The summed E-state index contributed by atoms with van der Waals surface area (Å²) in [5, 5.41) is 0. The molecular weight excluding hydrogens is 444 g/mol. The van der Waals surface area contributed by atoms with E-state index in [4.69, 9.17) is 9.47 Å². The lowest BCUT2D eigenvalue weighted by Gasteiger charge is -2.37. The summed E-state index contributed by atoms with van der Waals surface area (Å²) in [6, 6.07) is 16.0. The third kappa shape index (κ3) is 5.99. The summed E-state index contributed by atoms with van der Waals surface area (Å²) in [4.78, 5) is 33.8. The van der Waals surface area contributed by atoms with Crippen molar-refractivity contribution < 1.29 is 19.1 Å². The van der Waals surface area contributed by atoms with Crippen LogP contribution in [0.15, 0.2) is 48.5 Å². The first-order chi connectivity index (χ1) is 17.1. The van der Waals surface area contributed by atoms with Gasteiger partial charge in [-0.15, -0.1) is 0 Å². The first-order valence-corrected chi connectivity index (χ1v) is 12.4. The molecule has 188 valence electrons. The van der Waals surface area contributed by atoms with Gasteiger partial charge in [0.15, 0.2) is 0 Å². The van der Waals surface area contributed by atoms with E-state index >= 15 is 0 Å². The van der Waals surface area contributed by atoms with Gasteiger partial charge >= 0.3 is 0 Å². The van der Waals surface area contributed by atoms with Crippen LogP contribution in [0.4, 0.5) is 11.4 Å². The summed E-state index contributed by atoms with van der Waals surface area (Å²) in [6.45, 7) is 5.88. The maximum absolute atomic E-state index is 12.7. The monoisotopic (exact) mass is 480 g/mol. The third-order valence-electron chi connectivity index (χ3n) is 6.90. The SMILES string of the molecule is COc1ccccc1N1CCN(C(=O)CCCC(=O)N2CCN(c3ccccc3OC)CC2)CC1. The normalized spacial score (nSPS) is 16.3. The van der Waals surface area contributed by atoms with E-state index in [2.05, 4.69) is 21.9 Å². The molecule has 0 spiro atoms. The molecule has 8 nitrogen and oxygen atoms in total. The van der Waals surface area contributed by atoms with Crippen molar-refractivity contribution in [2.75, 3.05) is 76.4 Å². The molecule has 0 bridgehead atoms. The van der Waals surface area contributed by atoms with Crippen molar-refractivity contribution in [1.82, 2.24) is 9.80 Å². The number of nitrogens with zero attached hydrogens (tertiary/aromatic N) is 4. The Kier molecular flexibility index (Phi) is 8.34. The number of hydrogen-bond acceptors (Lipinski definition) is 6. The van der Waals surface area contributed by atoms with Crippen LogP contribution in [0.1, 0.15) is 19.3 Å². The van der Waals surface area contributed by atoms with Crippen LogP contribution in [-0.2, 0) is 9.59 Å². The molecule has 2 amide bonds. The number of piperazine rings is 2. The average Bonchev–Trinajstić information content (AvgIpc) is 2.93. The van der Waals surface area contributed by atoms with Crippen molar-refractivity contribution in [2.45, 2.75) is 19.3 Å². The Hall–Kier alpha value is -3.42. The second kappa shape index (κ2) is 11.8. The predicted octanol–water partition coefficient (Wildman–Crippen LogP) is 2.87. The van der Waals surface area contributed by atoms with E-state index in [0.29, 0.717) is 45.4 Å². The number of ether oxygens (including phenoxy) is 2. The lowest BCUT2D eigenvalue weighted by molar-refractivity contribution is -0.133. The van der Waals surface area contributed by atoms with Gasteiger partial charge < -0.3 is 29.1 Å². The average molecular weight is 481 g/mol. The van der Waals surface area contributed by atoms with Gasteiger partial charge in [-0.05, 0) is 30.7 Å². The minimum Gasteiger partial charge on any atom is -0.495 e. The smallest absolute Gasteiger partial charge is 0.222 e. The van der Waals surface area contributed by atoms with E-state index in [1.165, 1.54) is 0 Å². The highest BCUT2D eigenvalue weighted by atomic mass is 16.5. The van der Waals surface area contributed by atoms with Gasteiger partial charge in [-0.2, -0.15) is 0 Å². The second-order valence-corrected chi connectivity index (χ2v) is 8.93. The zero-order valence-electron chi connectivity index (χ0n) is 20.8. The Morgan fingerprint density at radius 3 is 1.37 bits per heavy atom. The van der Waals surface area contributed by atoms with Crippen molar-refractivity contribution >= 4 is 23.2 Å². The van der Waals surface area contributed by atoms with Crippen LogP contribution >= 0.6 is 0 Å². The Labute approximate surface area is 208 Å². The number of carbonyl (C=O) groups is 2. The van der Waals surface area contributed by atoms with Crippen LogP contribution in [0.5, 0.6) is 11.5 Å². The lowest BCUT2D eigenvalue weighted by atomic mass is 10.1. The molecule has 0 saturated carbocycles. The van der Waals surface area contributed by atoms with Crippen molar-refractivity contribution in [3.05, 3.63) is 48.5 Å².